The Hall–Kier alpha value is 0.160. The monoisotopic (exact) mass is 282 g/mol. The predicted octanol–water partition coefficient (Wildman–Crippen LogP) is 1.35. The van der Waals surface area contributed by atoms with Crippen molar-refractivity contribution in [1.29, 1.82) is 0 Å². The highest BCUT2D eigenvalue weighted by Gasteiger charge is 2.33. The van der Waals surface area contributed by atoms with E-state index in [4.69, 9.17) is 5.73 Å². The number of nitrogens with two attached hydrogens (primary N) is 1. The molecule has 4 nitrogen and oxygen atoms in total. The van der Waals surface area contributed by atoms with E-state index in [-0.39, 0.29) is 18.4 Å². The van der Waals surface area contributed by atoms with Gasteiger partial charge in [-0.25, -0.2) is 8.42 Å². The summed E-state index contributed by atoms with van der Waals surface area (Å²) in [5.41, 5.74) is 5.61. The minimum absolute atomic E-state index is 0. The third-order valence-corrected chi connectivity index (χ3v) is 5.91. The molecule has 0 bridgehead atoms. The van der Waals surface area contributed by atoms with Crippen LogP contribution in [0.25, 0.3) is 0 Å². The van der Waals surface area contributed by atoms with Crippen LogP contribution in [0.1, 0.15) is 38.5 Å². The largest absolute Gasteiger partial charge is 0.329 e. The number of sulfonamides is 1. The van der Waals surface area contributed by atoms with Crippen LogP contribution in [-0.2, 0) is 10.0 Å². The summed E-state index contributed by atoms with van der Waals surface area (Å²) in [6.45, 7) is 1.14. The number of hydrogen-bond donors (Lipinski definition) is 1. The van der Waals surface area contributed by atoms with Crippen molar-refractivity contribution >= 4 is 22.4 Å². The van der Waals surface area contributed by atoms with E-state index in [2.05, 4.69) is 0 Å². The molecule has 1 unspecified atom stereocenters. The molecule has 0 aromatic rings. The first-order valence-electron chi connectivity index (χ1n) is 6.33. The van der Waals surface area contributed by atoms with Crippen molar-refractivity contribution in [1.82, 2.24) is 4.31 Å². The van der Waals surface area contributed by atoms with E-state index in [1.54, 1.807) is 4.31 Å². The van der Waals surface area contributed by atoms with Crippen molar-refractivity contribution in [2.45, 2.75) is 44.6 Å². The van der Waals surface area contributed by atoms with Gasteiger partial charge >= 0.3 is 0 Å². The molecule has 1 aliphatic heterocycles. The molecule has 0 amide bonds. The van der Waals surface area contributed by atoms with Gasteiger partial charge in [-0.1, -0.05) is 19.3 Å². The molecule has 17 heavy (non-hydrogen) atoms. The maximum atomic E-state index is 12.1. The fourth-order valence-corrected chi connectivity index (χ4v) is 4.54. The summed E-state index contributed by atoms with van der Waals surface area (Å²) in [6.07, 6.45) is 6.45. The van der Waals surface area contributed by atoms with E-state index in [1.165, 1.54) is 19.3 Å². The van der Waals surface area contributed by atoms with Crippen LogP contribution in [0.3, 0.4) is 0 Å². The molecule has 0 aromatic carbocycles. The van der Waals surface area contributed by atoms with Crippen molar-refractivity contribution in [3.8, 4) is 0 Å². The summed E-state index contributed by atoms with van der Waals surface area (Å²) in [5.74, 6) is 0.988. The van der Waals surface area contributed by atoms with Gasteiger partial charge in [0.2, 0.25) is 10.0 Å². The molecule has 6 heteroatoms. The van der Waals surface area contributed by atoms with Crippen molar-refractivity contribution < 1.29 is 8.42 Å². The van der Waals surface area contributed by atoms with Crippen molar-refractivity contribution in [2.24, 2.45) is 11.7 Å². The van der Waals surface area contributed by atoms with Gasteiger partial charge in [-0.2, -0.15) is 4.31 Å². The highest BCUT2D eigenvalue weighted by molar-refractivity contribution is 7.89. The Balaban J connectivity index is 0.00000144. The topological polar surface area (TPSA) is 63.4 Å². The van der Waals surface area contributed by atoms with Crippen molar-refractivity contribution in [3.63, 3.8) is 0 Å². The second-order valence-corrected chi connectivity index (χ2v) is 7.09. The van der Waals surface area contributed by atoms with E-state index < -0.39 is 10.0 Å². The van der Waals surface area contributed by atoms with Gasteiger partial charge < -0.3 is 5.73 Å². The fraction of sp³-hybridized carbons (Fsp3) is 1.00. The normalized spacial score (nSPS) is 26.5. The van der Waals surface area contributed by atoms with Crippen LogP contribution >= 0.6 is 12.4 Å². The van der Waals surface area contributed by atoms with Crippen molar-refractivity contribution in [3.05, 3.63) is 0 Å². The summed E-state index contributed by atoms with van der Waals surface area (Å²) in [5, 5.41) is 0. The highest BCUT2D eigenvalue weighted by atomic mass is 35.5. The highest BCUT2D eigenvalue weighted by Crippen LogP contribution is 2.30. The summed E-state index contributed by atoms with van der Waals surface area (Å²) in [7, 11) is -3.04. The van der Waals surface area contributed by atoms with Gasteiger partial charge in [-0.3, -0.25) is 0 Å². The summed E-state index contributed by atoms with van der Waals surface area (Å²) in [6, 6.07) is 0.0615. The number of halogens is 1. The smallest absolute Gasteiger partial charge is 0.214 e. The lowest BCUT2D eigenvalue weighted by atomic mass is 9.84. The second kappa shape index (κ2) is 6.36. The summed E-state index contributed by atoms with van der Waals surface area (Å²) < 4.78 is 25.9. The zero-order valence-electron chi connectivity index (χ0n) is 10.2. The van der Waals surface area contributed by atoms with E-state index in [9.17, 15) is 8.42 Å². The molecule has 1 saturated heterocycles. The van der Waals surface area contributed by atoms with Gasteiger partial charge in [-0.05, 0) is 25.2 Å². The summed E-state index contributed by atoms with van der Waals surface area (Å²) >= 11 is 0. The summed E-state index contributed by atoms with van der Waals surface area (Å²) in [4.78, 5) is 0. The first-order chi connectivity index (χ1) is 7.63. The van der Waals surface area contributed by atoms with E-state index >= 15 is 0 Å². The maximum Gasteiger partial charge on any atom is 0.214 e. The predicted molar refractivity (Wildman–Crippen MR) is 71.8 cm³/mol. The van der Waals surface area contributed by atoms with Gasteiger partial charge in [-0.15, -0.1) is 12.4 Å². The Morgan fingerprint density at radius 1 is 1.18 bits per heavy atom. The zero-order valence-corrected chi connectivity index (χ0v) is 11.8. The maximum absolute atomic E-state index is 12.1. The quantitative estimate of drug-likeness (QED) is 0.828. The van der Waals surface area contributed by atoms with E-state index in [0.29, 0.717) is 24.8 Å². The molecule has 0 aromatic heterocycles. The van der Waals surface area contributed by atoms with Gasteiger partial charge in [0.25, 0.3) is 0 Å². The molecule has 2 aliphatic rings. The van der Waals surface area contributed by atoms with Crippen LogP contribution in [-0.4, -0.2) is 37.6 Å². The third-order valence-electron chi connectivity index (χ3n) is 3.96. The molecular formula is C11H23ClN2O2S. The number of rotatable bonds is 5. The minimum Gasteiger partial charge on any atom is -0.329 e. The lowest BCUT2D eigenvalue weighted by molar-refractivity contribution is 0.304. The second-order valence-electron chi connectivity index (χ2n) is 5.04. The fourth-order valence-electron chi connectivity index (χ4n) is 2.63. The zero-order chi connectivity index (χ0) is 11.6. The third kappa shape index (κ3) is 3.56. The Morgan fingerprint density at radius 3 is 2.41 bits per heavy atom. The first-order valence-corrected chi connectivity index (χ1v) is 7.94. The Morgan fingerprint density at radius 2 is 1.88 bits per heavy atom. The molecule has 0 spiro atoms. The van der Waals surface area contributed by atoms with Crippen LogP contribution in [0.2, 0.25) is 0 Å². The molecule has 2 fully saturated rings. The number of nitrogens with zero attached hydrogens (tertiary/aromatic N) is 1. The average Bonchev–Trinajstić information content (AvgIpc) is 2.63. The van der Waals surface area contributed by atoms with Gasteiger partial charge in [0.1, 0.15) is 0 Å². The lowest BCUT2D eigenvalue weighted by Gasteiger charge is -2.27. The SMILES string of the molecule is Cl.NCC1CCCN1S(=O)(=O)CCC1CCC1. The molecule has 102 valence electrons. The molecular weight excluding hydrogens is 260 g/mol. The Kier molecular flexibility index (Phi) is 5.70. The van der Waals surface area contributed by atoms with Crippen molar-refractivity contribution in [2.75, 3.05) is 18.8 Å². The van der Waals surface area contributed by atoms with Crippen LogP contribution < -0.4 is 5.73 Å². The van der Waals surface area contributed by atoms with E-state index in [0.717, 1.165) is 19.3 Å². The Labute approximate surface area is 110 Å². The molecule has 2 N–H and O–H groups in total. The Bertz CT molecular complexity index is 330. The molecule has 1 heterocycles. The van der Waals surface area contributed by atoms with Crippen LogP contribution in [0.5, 0.6) is 0 Å². The minimum atomic E-state index is -3.04. The molecule has 2 rings (SSSR count). The van der Waals surface area contributed by atoms with Crippen LogP contribution in [0.4, 0.5) is 0 Å². The van der Waals surface area contributed by atoms with E-state index in [1.807, 2.05) is 0 Å². The average molecular weight is 283 g/mol. The van der Waals surface area contributed by atoms with Gasteiger partial charge in [0.05, 0.1) is 5.75 Å². The first kappa shape index (κ1) is 15.2. The van der Waals surface area contributed by atoms with Gasteiger partial charge in [0, 0.05) is 19.1 Å². The lowest BCUT2D eigenvalue weighted by Crippen LogP contribution is -2.41. The molecule has 1 aliphatic carbocycles. The standard InChI is InChI=1S/C11H22N2O2S.ClH/c12-9-11-5-2-7-13(11)16(14,15)8-6-10-3-1-4-10;/h10-11H,1-9,12H2;1H. The molecule has 1 saturated carbocycles. The molecule has 0 radical (unpaired) electrons. The number of hydrogen-bond acceptors (Lipinski definition) is 3. The van der Waals surface area contributed by atoms with Crippen LogP contribution in [0.15, 0.2) is 0 Å². The van der Waals surface area contributed by atoms with Gasteiger partial charge in [0.15, 0.2) is 0 Å². The van der Waals surface area contributed by atoms with Crippen LogP contribution in [0, 0.1) is 5.92 Å². The molecule has 1 atom stereocenters.